The van der Waals surface area contributed by atoms with Gasteiger partial charge < -0.3 is 30.0 Å². The summed E-state index contributed by atoms with van der Waals surface area (Å²) in [5.41, 5.74) is -0.265. The SMILES string of the molecule is CC(C)(C)CC(=O)CC(=O)[O-].CC(C)(C)CC(=O)CC(=O)[O-].CC(C)C[O-].CC(C)C[O-].[Ti+4]. The van der Waals surface area contributed by atoms with Crippen LogP contribution in [-0.4, -0.2) is 36.7 Å². The van der Waals surface area contributed by atoms with Gasteiger partial charge in [-0.3, -0.25) is 9.59 Å². The van der Waals surface area contributed by atoms with Crippen molar-refractivity contribution in [3.8, 4) is 0 Å². The zero-order valence-corrected chi connectivity index (χ0v) is 23.7. The van der Waals surface area contributed by atoms with Crippen LogP contribution in [0.15, 0.2) is 0 Å². The van der Waals surface area contributed by atoms with E-state index in [1.807, 2.05) is 69.2 Å². The quantitative estimate of drug-likeness (QED) is 0.333. The summed E-state index contributed by atoms with van der Waals surface area (Å²) in [6, 6.07) is 0. The van der Waals surface area contributed by atoms with Crippen LogP contribution in [-0.2, 0) is 40.9 Å². The minimum Gasteiger partial charge on any atom is -0.854 e. The van der Waals surface area contributed by atoms with Gasteiger partial charge >= 0.3 is 21.7 Å². The van der Waals surface area contributed by atoms with Gasteiger partial charge in [0, 0.05) is 37.6 Å². The van der Waals surface area contributed by atoms with E-state index in [2.05, 4.69) is 0 Å². The van der Waals surface area contributed by atoms with E-state index in [9.17, 15) is 39.6 Å². The van der Waals surface area contributed by atoms with E-state index < -0.39 is 24.8 Å². The maximum absolute atomic E-state index is 10.8. The molecule has 33 heavy (non-hydrogen) atoms. The third-order valence-corrected chi connectivity index (χ3v) is 2.80. The summed E-state index contributed by atoms with van der Waals surface area (Å²) in [5, 5.41) is 39.2. The van der Waals surface area contributed by atoms with Crippen LogP contribution in [0.5, 0.6) is 0 Å². The van der Waals surface area contributed by atoms with Crippen LogP contribution in [0.4, 0.5) is 0 Å². The van der Waals surface area contributed by atoms with Gasteiger partial charge in [-0.25, -0.2) is 0 Å². The average molecular weight is 508 g/mol. The zero-order valence-electron chi connectivity index (χ0n) is 22.2. The maximum Gasteiger partial charge on any atom is 4.00 e. The van der Waals surface area contributed by atoms with Gasteiger partial charge in [0.25, 0.3) is 0 Å². The molecule has 0 aliphatic carbocycles. The number of Topliss-reactive ketones (excluding diaryl/α,β-unsaturated/α-hetero) is 2. The van der Waals surface area contributed by atoms with E-state index in [1.165, 1.54) is 0 Å². The number of hydrogen-bond acceptors (Lipinski definition) is 8. The van der Waals surface area contributed by atoms with Crippen LogP contribution in [0.1, 0.15) is 94.9 Å². The topological polar surface area (TPSA) is 161 Å². The van der Waals surface area contributed by atoms with E-state index >= 15 is 0 Å². The summed E-state index contributed by atoms with van der Waals surface area (Å²) in [5.74, 6) is -2.46. The van der Waals surface area contributed by atoms with E-state index in [1.54, 1.807) is 0 Å². The van der Waals surface area contributed by atoms with Crippen LogP contribution in [0.2, 0.25) is 0 Å². The monoisotopic (exact) mass is 508 g/mol. The molecule has 0 saturated heterocycles. The molecule has 0 spiro atoms. The standard InChI is InChI=1S/2C8H14O3.2C4H9O.Ti/c2*1-8(2,3)5-6(9)4-7(10)11;2*1-4(2)3-5;/h2*4-5H2,1-3H3,(H,10,11);2*4H,3H2,1-2H3;/q;;2*-1;+4/p-2. The molecule has 0 fully saturated rings. The minimum absolute atomic E-state index is 0. The molecule has 8 nitrogen and oxygen atoms in total. The van der Waals surface area contributed by atoms with Gasteiger partial charge in [0.15, 0.2) is 0 Å². The maximum atomic E-state index is 10.8. The first-order chi connectivity index (χ1) is 14.2. The first kappa shape index (κ1) is 42.1. The third-order valence-electron chi connectivity index (χ3n) is 2.80. The molecule has 0 aromatic carbocycles. The van der Waals surface area contributed by atoms with Gasteiger partial charge in [-0.05, 0) is 10.8 Å². The Kier molecular flexibility index (Phi) is 29.0. The number of ketones is 2. The number of aliphatic carboxylic acids is 2. The molecule has 0 aromatic rings. The van der Waals surface area contributed by atoms with E-state index in [4.69, 9.17) is 0 Å². The van der Waals surface area contributed by atoms with E-state index in [-0.39, 0.29) is 57.3 Å². The summed E-state index contributed by atoms with van der Waals surface area (Å²) >= 11 is 0. The summed E-state index contributed by atoms with van der Waals surface area (Å²) in [6.07, 6.45) is -0.337. The van der Waals surface area contributed by atoms with Crippen molar-refractivity contribution in [2.45, 2.75) is 94.9 Å². The molecule has 0 radical (unpaired) electrons. The predicted molar refractivity (Wildman–Crippen MR) is 117 cm³/mol. The summed E-state index contributed by atoms with van der Waals surface area (Å²) in [7, 11) is 0. The molecular weight excluding hydrogens is 464 g/mol. The van der Waals surface area contributed by atoms with Crippen LogP contribution in [0, 0.1) is 22.7 Å². The summed E-state index contributed by atoms with van der Waals surface area (Å²) < 4.78 is 0. The fourth-order valence-corrected chi connectivity index (χ4v) is 1.63. The Hall–Kier alpha value is -1.09. The van der Waals surface area contributed by atoms with E-state index in [0.29, 0.717) is 24.7 Å². The van der Waals surface area contributed by atoms with Gasteiger partial charge in [-0.1, -0.05) is 81.1 Å². The molecular formula is C24H44O8Ti. The molecule has 0 aromatic heterocycles. The molecule has 0 atom stereocenters. The summed E-state index contributed by atoms with van der Waals surface area (Å²) in [4.78, 5) is 41.6. The van der Waals surface area contributed by atoms with Crippen molar-refractivity contribution < 1.29 is 61.3 Å². The molecule has 0 amide bonds. The molecule has 192 valence electrons. The molecule has 0 aliphatic rings. The number of carboxylic acids is 2. The Morgan fingerprint density at radius 2 is 0.788 bits per heavy atom. The van der Waals surface area contributed by atoms with Gasteiger partial charge in [0.05, 0.1) is 0 Å². The van der Waals surface area contributed by atoms with Gasteiger partial charge in [0.2, 0.25) is 0 Å². The number of carboxylic acid groups (broad SMARTS) is 2. The van der Waals surface area contributed by atoms with Crippen molar-refractivity contribution in [2.24, 2.45) is 22.7 Å². The van der Waals surface area contributed by atoms with Crippen molar-refractivity contribution in [1.82, 2.24) is 0 Å². The zero-order chi connectivity index (χ0) is 26.7. The molecule has 0 bridgehead atoms. The average Bonchev–Trinajstić information content (AvgIpc) is 2.51. The number of carbonyl (C=O) groups excluding carboxylic acids is 4. The van der Waals surface area contributed by atoms with E-state index in [0.717, 1.165) is 0 Å². The van der Waals surface area contributed by atoms with Crippen molar-refractivity contribution >= 4 is 23.5 Å². The van der Waals surface area contributed by atoms with Crippen LogP contribution < -0.4 is 20.4 Å². The molecule has 0 rings (SSSR count). The Bertz CT molecular complexity index is 482. The fourth-order valence-electron chi connectivity index (χ4n) is 1.63. The smallest absolute Gasteiger partial charge is 0.854 e. The Balaban J connectivity index is -0.000000112. The molecule has 0 unspecified atom stereocenters. The second kappa shape index (κ2) is 22.7. The van der Waals surface area contributed by atoms with Crippen molar-refractivity contribution in [2.75, 3.05) is 13.2 Å². The summed E-state index contributed by atoms with van der Waals surface area (Å²) in [6.45, 7) is 19.1. The molecule has 0 saturated carbocycles. The first-order valence-electron chi connectivity index (χ1n) is 10.8. The fraction of sp³-hybridized carbons (Fsp3) is 0.833. The van der Waals surface area contributed by atoms with Crippen LogP contribution in [0.25, 0.3) is 0 Å². The normalized spacial score (nSPS) is 10.4. The van der Waals surface area contributed by atoms with Crippen molar-refractivity contribution in [3.63, 3.8) is 0 Å². The molecule has 0 N–H and O–H groups in total. The molecule has 0 heterocycles. The van der Waals surface area contributed by atoms with Crippen LogP contribution >= 0.6 is 0 Å². The number of hydrogen-bond donors (Lipinski definition) is 0. The number of rotatable bonds is 8. The number of carbonyl (C=O) groups is 4. The van der Waals surface area contributed by atoms with Gasteiger partial charge in [0.1, 0.15) is 11.6 Å². The Labute approximate surface area is 215 Å². The molecule has 9 heteroatoms. The Morgan fingerprint density at radius 3 is 0.879 bits per heavy atom. The third kappa shape index (κ3) is 59.1. The van der Waals surface area contributed by atoms with Gasteiger partial charge in [-0.15, -0.1) is 13.2 Å². The Morgan fingerprint density at radius 1 is 0.606 bits per heavy atom. The van der Waals surface area contributed by atoms with Crippen molar-refractivity contribution in [3.05, 3.63) is 0 Å². The second-order valence-electron chi connectivity index (χ2n) is 10.8. The first-order valence-corrected chi connectivity index (χ1v) is 10.8. The van der Waals surface area contributed by atoms with Crippen LogP contribution in [0.3, 0.4) is 0 Å². The van der Waals surface area contributed by atoms with Crippen molar-refractivity contribution in [1.29, 1.82) is 0 Å². The minimum atomic E-state index is -1.29. The predicted octanol–water partition coefficient (Wildman–Crippen LogP) is 0.266. The largest absolute Gasteiger partial charge is 4.00 e. The van der Waals surface area contributed by atoms with Gasteiger partial charge in [-0.2, -0.15) is 0 Å². The molecule has 0 aliphatic heterocycles. The second-order valence-corrected chi connectivity index (χ2v) is 10.8.